The molecule has 1 aliphatic carbocycles. The predicted octanol–water partition coefficient (Wildman–Crippen LogP) is 5.11. The Morgan fingerprint density at radius 2 is 1.89 bits per heavy atom. The molecule has 19 heavy (non-hydrogen) atoms. The zero-order valence-electron chi connectivity index (χ0n) is 14.0. The van der Waals surface area contributed by atoms with Gasteiger partial charge in [0.05, 0.1) is 0 Å². The molecule has 0 heterocycles. The molecule has 1 rings (SSSR count). The molecule has 1 heteroatoms. The Morgan fingerprint density at radius 1 is 1.16 bits per heavy atom. The molecule has 0 saturated heterocycles. The third-order valence-corrected chi connectivity index (χ3v) is 5.49. The maximum absolute atomic E-state index is 3.72. The fourth-order valence-electron chi connectivity index (χ4n) is 4.04. The van der Waals surface area contributed by atoms with E-state index in [1.165, 1.54) is 51.6 Å². The van der Waals surface area contributed by atoms with Gasteiger partial charge in [-0.15, -0.1) is 0 Å². The van der Waals surface area contributed by atoms with Gasteiger partial charge in [-0.3, -0.25) is 0 Å². The Hall–Kier alpha value is -0.0400. The van der Waals surface area contributed by atoms with Gasteiger partial charge in [-0.25, -0.2) is 0 Å². The van der Waals surface area contributed by atoms with E-state index in [-0.39, 0.29) is 0 Å². The quantitative estimate of drug-likeness (QED) is 0.572. The maximum Gasteiger partial charge on any atom is -0.00179 e. The van der Waals surface area contributed by atoms with Crippen LogP contribution in [0.2, 0.25) is 0 Å². The van der Waals surface area contributed by atoms with Crippen molar-refractivity contribution >= 4 is 0 Å². The van der Waals surface area contributed by atoms with Crippen LogP contribution in [0.4, 0.5) is 0 Å². The van der Waals surface area contributed by atoms with Crippen LogP contribution in [0.1, 0.15) is 73.1 Å². The molecule has 1 nitrogen and oxygen atoms in total. The molecule has 4 atom stereocenters. The summed E-state index contributed by atoms with van der Waals surface area (Å²) in [4.78, 5) is 0. The molecule has 0 aromatic carbocycles. The molecule has 114 valence electrons. The highest BCUT2D eigenvalue weighted by molar-refractivity contribution is 4.86. The van der Waals surface area contributed by atoms with Crippen molar-refractivity contribution in [3.8, 4) is 0 Å². The second kappa shape index (κ2) is 9.00. The van der Waals surface area contributed by atoms with Gasteiger partial charge in [0.25, 0.3) is 0 Å². The molecule has 1 N–H and O–H groups in total. The van der Waals surface area contributed by atoms with Crippen LogP contribution in [0.3, 0.4) is 0 Å². The van der Waals surface area contributed by atoms with E-state index in [2.05, 4.69) is 39.9 Å². The molecule has 0 spiro atoms. The van der Waals surface area contributed by atoms with Crippen LogP contribution in [0.15, 0.2) is 0 Å². The zero-order valence-corrected chi connectivity index (χ0v) is 14.0. The summed E-state index contributed by atoms with van der Waals surface area (Å²) < 4.78 is 0. The Labute approximate surface area is 121 Å². The second-order valence-corrected chi connectivity index (χ2v) is 7.18. The lowest BCUT2D eigenvalue weighted by Gasteiger charge is -2.28. The van der Waals surface area contributed by atoms with Crippen molar-refractivity contribution in [2.45, 2.75) is 73.1 Å². The topological polar surface area (TPSA) is 12.0 Å². The summed E-state index contributed by atoms with van der Waals surface area (Å²) >= 11 is 0. The Kier molecular flexibility index (Phi) is 8.06. The van der Waals surface area contributed by atoms with E-state index < -0.39 is 0 Å². The fraction of sp³-hybridized carbons (Fsp3) is 1.00. The Bertz CT molecular complexity index is 224. The van der Waals surface area contributed by atoms with Gasteiger partial charge in [-0.1, -0.05) is 47.5 Å². The van der Waals surface area contributed by atoms with Crippen LogP contribution in [-0.2, 0) is 0 Å². The largest absolute Gasteiger partial charge is 0.316 e. The van der Waals surface area contributed by atoms with Gasteiger partial charge >= 0.3 is 0 Å². The number of hydrogen-bond donors (Lipinski definition) is 1. The molecule has 0 aliphatic heterocycles. The molecule has 0 bridgehead atoms. The highest BCUT2D eigenvalue weighted by atomic mass is 14.9. The van der Waals surface area contributed by atoms with Crippen LogP contribution in [0, 0.1) is 29.6 Å². The monoisotopic (exact) mass is 267 g/mol. The summed E-state index contributed by atoms with van der Waals surface area (Å²) in [7, 11) is 0. The lowest BCUT2D eigenvalue weighted by atomic mass is 9.80. The Morgan fingerprint density at radius 3 is 2.42 bits per heavy atom. The average molecular weight is 268 g/mol. The van der Waals surface area contributed by atoms with Crippen LogP contribution >= 0.6 is 0 Å². The molecule has 1 fully saturated rings. The van der Waals surface area contributed by atoms with Crippen molar-refractivity contribution in [3.05, 3.63) is 0 Å². The molecule has 0 aromatic heterocycles. The van der Waals surface area contributed by atoms with Gasteiger partial charge in [-0.05, 0) is 68.4 Å². The number of nitrogens with one attached hydrogen (secondary N) is 1. The minimum Gasteiger partial charge on any atom is -0.316 e. The van der Waals surface area contributed by atoms with E-state index in [0.29, 0.717) is 0 Å². The lowest BCUT2D eigenvalue weighted by molar-refractivity contribution is 0.229. The summed E-state index contributed by atoms with van der Waals surface area (Å²) in [6, 6.07) is 0. The van der Waals surface area contributed by atoms with Gasteiger partial charge in [0, 0.05) is 0 Å². The summed E-state index contributed by atoms with van der Waals surface area (Å²) in [6.07, 6.45) is 8.39. The van der Waals surface area contributed by atoms with Crippen molar-refractivity contribution < 1.29 is 0 Å². The SMILES string of the molecule is CCC1CCC(C(CC)CNCCCC(C)C)C1C. The second-order valence-electron chi connectivity index (χ2n) is 7.18. The van der Waals surface area contributed by atoms with Crippen LogP contribution in [-0.4, -0.2) is 13.1 Å². The molecule has 4 unspecified atom stereocenters. The van der Waals surface area contributed by atoms with E-state index >= 15 is 0 Å². The van der Waals surface area contributed by atoms with E-state index in [1.54, 1.807) is 0 Å². The maximum atomic E-state index is 3.72. The highest BCUT2D eigenvalue weighted by Crippen LogP contribution is 2.43. The van der Waals surface area contributed by atoms with Gasteiger partial charge in [0.15, 0.2) is 0 Å². The van der Waals surface area contributed by atoms with Crippen molar-refractivity contribution in [3.63, 3.8) is 0 Å². The summed E-state index contributed by atoms with van der Waals surface area (Å²) in [5.74, 6) is 4.69. The molecule has 0 radical (unpaired) electrons. The minimum absolute atomic E-state index is 0.851. The molecule has 0 amide bonds. The average Bonchev–Trinajstić information content (AvgIpc) is 2.75. The first-order valence-corrected chi connectivity index (χ1v) is 8.80. The standard InChI is InChI=1S/C18H37N/c1-6-16-10-11-18(15(16)5)17(7-2)13-19-12-8-9-14(3)4/h14-19H,6-13H2,1-5H3. The van der Waals surface area contributed by atoms with Crippen molar-refractivity contribution in [1.29, 1.82) is 0 Å². The van der Waals surface area contributed by atoms with E-state index in [0.717, 1.165) is 29.6 Å². The van der Waals surface area contributed by atoms with Gasteiger partial charge in [0.1, 0.15) is 0 Å². The minimum atomic E-state index is 0.851. The van der Waals surface area contributed by atoms with Crippen molar-refractivity contribution in [2.24, 2.45) is 29.6 Å². The van der Waals surface area contributed by atoms with Crippen LogP contribution < -0.4 is 5.32 Å². The van der Waals surface area contributed by atoms with Crippen molar-refractivity contribution in [1.82, 2.24) is 5.32 Å². The van der Waals surface area contributed by atoms with Crippen molar-refractivity contribution in [2.75, 3.05) is 13.1 Å². The van der Waals surface area contributed by atoms with Gasteiger partial charge < -0.3 is 5.32 Å². The first-order chi connectivity index (χ1) is 9.10. The molecule has 1 saturated carbocycles. The molecular formula is C18H37N. The van der Waals surface area contributed by atoms with Gasteiger partial charge in [0.2, 0.25) is 0 Å². The first kappa shape index (κ1) is 17.0. The Balaban J connectivity index is 2.26. The number of rotatable bonds is 9. The van der Waals surface area contributed by atoms with E-state index in [9.17, 15) is 0 Å². The normalized spacial score (nSPS) is 29.1. The third kappa shape index (κ3) is 5.45. The predicted molar refractivity (Wildman–Crippen MR) is 86.4 cm³/mol. The highest BCUT2D eigenvalue weighted by Gasteiger charge is 2.35. The summed E-state index contributed by atoms with van der Waals surface area (Å²) in [6.45, 7) is 14.4. The van der Waals surface area contributed by atoms with E-state index in [1.807, 2.05) is 0 Å². The number of hydrogen-bond acceptors (Lipinski definition) is 1. The molecule has 1 aliphatic rings. The smallest absolute Gasteiger partial charge is 0.00179 e. The van der Waals surface area contributed by atoms with Gasteiger partial charge in [-0.2, -0.15) is 0 Å². The molecule has 0 aromatic rings. The lowest BCUT2D eigenvalue weighted by Crippen LogP contribution is -2.30. The van der Waals surface area contributed by atoms with Crippen LogP contribution in [0.5, 0.6) is 0 Å². The third-order valence-electron chi connectivity index (χ3n) is 5.49. The summed E-state index contributed by atoms with van der Waals surface area (Å²) in [5, 5.41) is 3.72. The fourth-order valence-corrected chi connectivity index (χ4v) is 4.04. The summed E-state index contributed by atoms with van der Waals surface area (Å²) in [5.41, 5.74) is 0. The van der Waals surface area contributed by atoms with Crippen LogP contribution in [0.25, 0.3) is 0 Å². The zero-order chi connectivity index (χ0) is 14.3. The first-order valence-electron chi connectivity index (χ1n) is 8.80. The molecular weight excluding hydrogens is 230 g/mol. The van der Waals surface area contributed by atoms with E-state index in [4.69, 9.17) is 0 Å².